The summed E-state index contributed by atoms with van der Waals surface area (Å²) < 4.78 is 44.8. The Kier molecular flexibility index (Phi) is 4.78. The Balaban J connectivity index is 3.21. The van der Waals surface area contributed by atoms with Gasteiger partial charge in [-0.15, -0.1) is 13.2 Å². The predicted molar refractivity (Wildman–Crippen MR) is 61.3 cm³/mol. The minimum atomic E-state index is -4.89. The Hall–Kier alpha value is -1.75. The molecule has 0 N–H and O–H groups in total. The monoisotopic (exact) mass is 337 g/mol. The molecule has 0 unspecified atom stereocenters. The summed E-state index contributed by atoms with van der Waals surface area (Å²) in [5.41, 5.74) is 0.117. The van der Waals surface area contributed by atoms with E-state index in [1.54, 1.807) is 6.07 Å². The van der Waals surface area contributed by atoms with E-state index in [2.05, 4.69) is 25.4 Å². The van der Waals surface area contributed by atoms with Crippen molar-refractivity contribution in [2.75, 3.05) is 7.11 Å². The second-order valence-corrected chi connectivity index (χ2v) is 4.15. The molecule has 0 saturated heterocycles. The Morgan fingerprint density at radius 1 is 1.47 bits per heavy atom. The van der Waals surface area contributed by atoms with Crippen LogP contribution in [-0.2, 0) is 16.0 Å². The number of nitriles is 1. The Morgan fingerprint density at radius 2 is 2.11 bits per heavy atom. The first-order chi connectivity index (χ1) is 8.76. The number of carbonyl (C=O) groups is 1. The number of hydrogen-bond acceptors (Lipinski definition) is 4. The predicted octanol–water partition coefficient (Wildman–Crippen LogP) is 2.93. The minimum Gasteiger partial charge on any atom is -0.469 e. The molecule has 0 radical (unpaired) electrons. The quantitative estimate of drug-likeness (QED) is 0.795. The molecule has 1 rings (SSSR count). The third kappa shape index (κ3) is 4.44. The van der Waals surface area contributed by atoms with Crippen LogP contribution in [0.3, 0.4) is 0 Å². The molecule has 0 aliphatic heterocycles. The molecular formula is C11H7BrF3NO3. The third-order valence-electron chi connectivity index (χ3n) is 2.03. The highest BCUT2D eigenvalue weighted by Gasteiger charge is 2.32. The topological polar surface area (TPSA) is 59.3 Å². The normalized spacial score (nSPS) is 10.7. The highest BCUT2D eigenvalue weighted by molar-refractivity contribution is 9.10. The van der Waals surface area contributed by atoms with E-state index >= 15 is 0 Å². The summed E-state index contributed by atoms with van der Waals surface area (Å²) in [7, 11) is 1.15. The van der Waals surface area contributed by atoms with E-state index in [9.17, 15) is 18.0 Å². The van der Waals surface area contributed by atoms with E-state index in [0.717, 1.165) is 13.2 Å². The van der Waals surface area contributed by atoms with Crippen LogP contribution in [0.5, 0.6) is 5.75 Å². The number of nitrogens with zero attached hydrogens (tertiary/aromatic N) is 1. The first kappa shape index (κ1) is 15.3. The first-order valence-electron chi connectivity index (χ1n) is 4.82. The zero-order valence-electron chi connectivity index (χ0n) is 9.55. The van der Waals surface area contributed by atoms with Gasteiger partial charge < -0.3 is 9.47 Å². The summed E-state index contributed by atoms with van der Waals surface area (Å²) in [6.45, 7) is 0. The molecule has 1 aromatic rings. The molecule has 19 heavy (non-hydrogen) atoms. The highest BCUT2D eigenvalue weighted by atomic mass is 79.9. The molecule has 4 nitrogen and oxygen atoms in total. The molecule has 0 aliphatic rings. The average Bonchev–Trinajstić information content (AvgIpc) is 2.32. The van der Waals surface area contributed by atoms with Crippen LogP contribution < -0.4 is 4.74 Å². The molecule has 0 heterocycles. The van der Waals surface area contributed by atoms with Crippen molar-refractivity contribution in [2.45, 2.75) is 12.8 Å². The zero-order chi connectivity index (χ0) is 14.6. The fourth-order valence-corrected chi connectivity index (χ4v) is 1.73. The molecule has 0 spiro atoms. The number of hydrogen-bond donors (Lipinski definition) is 0. The number of benzene rings is 1. The molecule has 0 bridgehead atoms. The van der Waals surface area contributed by atoms with E-state index in [0.29, 0.717) is 0 Å². The van der Waals surface area contributed by atoms with Gasteiger partial charge in [-0.05, 0) is 33.6 Å². The number of ether oxygens (including phenoxy) is 2. The van der Waals surface area contributed by atoms with Crippen LogP contribution in [-0.4, -0.2) is 19.4 Å². The van der Waals surface area contributed by atoms with Crippen molar-refractivity contribution in [1.82, 2.24) is 0 Å². The van der Waals surface area contributed by atoms with E-state index in [1.807, 2.05) is 0 Å². The van der Waals surface area contributed by atoms with Gasteiger partial charge in [0.2, 0.25) is 0 Å². The lowest BCUT2D eigenvalue weighted by molar-refractivity contribution is -0.274. The first-order valence-corrected chi connectivity index (χ1v) is 5.61. The molecule has 8 heteroatoms. The molecule has 0 aromatic heterocycles. The van der Waals surface area contributed by atoms with Crippen LogP contribution in [0, 0.1) is 11.3 Å². The highest BCUT2D eigenvalue weighted by Crippen LogP contribution is 2.34. The van der Waals surface area contributed by atoms with Crippen LogP contribution in [0.25, 0.3) is 0 Å². The molecule has 0 amide bonds. The summed E-state index contributed by atoms with van der Waals surface area (Å²) in [4.78, 5) is 11.1. The maximum atomic E-state index is 12.2. The lowest BCUT2D eigenvalue weighted by Gasteiger charge is -2.13. The smallest absolute Gasteiger partial charge is 0.469 e. The molecule has 102 valence electrons. The van der Waals surface area contributed by atoms with Gasteiger partial charge in [-0.2, -0.15) is 5.26 Å². The number of esters is 1. The van der Waals surface area contributed by atoms with Gasteiger partial charge in [0.1, 0.15) is 5.75 Å². The van der Waals surface area contributed by atoms with Crippen molar-refractivity contribution in [1.29, 1.82) is 5.26 Å². The standard InChI is InChI=1S/C11H7BrF3NO3/c1-18-9(17)4-7-2-6(5-16)3-8(10(7)12)19-11(13,14)15/h2-3H,4H2,1H3. The van der Waals surface area contributed by atoms with Crippen molar-refractivity contribution in [3.63, 3.8) is 0 Å². The molecule has 0 atom stereocenters. The molecule has 0 aliphatic carbocycles. The maximum Gasteiger partial charge on any atom is 0.573 e. The van der Waals surface area contributed by atoms with Crippen LogP contribution in [0.4, 0.5) is 13.2 Å². The van der Waals surface area contributed by atoms with Gasteiger partial charge in [-0.1, -0.05) is 0 Å². The van der Waals surface area contributed by atoms with E-state index in [-0.39, 0.29) is 22.0 Å². The number of rotatable bonds is 3. The number of carbonyl (C=O) groups excluding carboxylic acids is 1. The molecule has 0 saturated carbocycles. The van der Waals surface area contributed by atoms with E-state index in [4.69, 9.17) is 5.26 Å². The number of alkyl halides is 3. The average molecular weight is 338 g/mol. The van der Waals surface area contributed by atoms with Gasteiger partial charge in [-0.3, -0.25) is 4.79 Å². The Bertz CT molecular complexity index is 537. The fraction of sp³-hybridized carbons (Fsp3) is 0.273. The van der Waals surface area contributed by atoms with Crippen molar-refractivity contribution in [3.05, 3.63) is 27.7 Å². The Labute approximate surface area is 114 Å². The van der Waals surface area contributed by atoms with Crippen molar-refractivity contribution >= 4 is 21.9 Å². The lowest BCUT2D eigenvalue weighted by Crippen LogP contribution is -2.18. The van der Waals surface area contributed by atoms with Gasteiger partial charge in [0.05, 0.1) is 29.6 Å². The summed E-state index contributed by atoms with van der Waals surface area (Å²) >= 11 is 2.91. The van der Waals surface area contributed by atoms with Gasteiger partial charge in [0, 0.05) is 0 Å². The van der Waals surface area contributed by atoms with Gasteiger partial charge in [0.15, 0.2) is 0 Å². The van der Waals surface area contributed by atoms with Crippen molar-refractivity contribution in [2.24, 2.45) is 0 Å². The second-order valence-electron chi connectivity index (χ2n) is 3.36. The maximum absolute atomic E-state index is 12.2. The SMILES string of the molecule is COC(=O)Cc1cc(C#N)cc(OC(F)(F)F)c1Br. The third-order valence-corrected chi connectivity index (χ3v) is 2.93. The van der Waals surface area contributed by atoms with Crippen LogP contribution in [0.15, 0.2) is 16.6 Å². The summed E-state index contributed by atoms with van der Waals surface area (Å²) in [5.74, 6) is -1.22. The van der Waals surface area contributed by atoms with Crippen LogP contribution in [0.2, 0.25) is 0 Å². The summed E-state index contributed by atoms with van der Waals surface area (Å²) in [6, 6.07) is 3.90. The van der Waals surface area contributed by atoms with Crippen LogP contribution >= 0.6 is 15.9 Å². The van der Waals surface area contributed by atoms with E-state index in [1.165, 1.54) is 6.07 Å². The van der Waals surface area contributed by atoms with Crippen molar-refractivity contribution in [3.8, 4) is 11.8 Å². The largest absolute Gasteiger partial charge is 0.573 e. The molecule has 1 aromatic carbocycles. The zero-order valence-corrected chi connectivity index (χ0v) is 11.1. The molecular weight excluding hydrogens is 331 g/mol. The second kappa shape index (κ2) is 5.93. The lowest BCUT2D eigenvalue weighted by atomic mass is 10.1. The van der Waals surface area contributed by atoms with E-state index < -0.39 is 18.1 Å². The molecule has 0 fully saturated rings. The minimum absolute atomic E-state index is 0.0470. The van der Waals surface area contributed by atoms with Gasteiger partial charge in [-0.25, -0.2) is 0 Å². The fourth-order valence-electron chi connectivity index (χ4n) is 1.28. The number of methoxy groups -OCH3 is 1. The Morgan fingerprint density at radius 3 is 2.58 bits per heavy atom. The van der Waals surface area contributed by atoms with Crippen molar-refractivity contribution < 1.29 is 27.4 Å². The van der Waals surface area contributed by atoms with Gasteiger partial charge in [0.25, 0.3) is 0 Å². The van der Waals surface area contributed by atoms with Crippen LogP contribution in [0.1, 0.15) is 11.1 Å². The summed E-state index contributed by atoms with van der Waals surface area (Å²) in [5, 5.41) is 8.75. The van der Waals surface area contributed by atoms with Gasteiger partial charge >= 0.3 is 12.3 Å². The summed E-state index contributed by atoms with van der Waals surface area (Å²) in [6.07, 6.45) is -5.17. The number of halogens is 4.